The number of hydrogen-bond donors (Lipinski definition) is 1. The zero-order valence-electron chi connectivity index (χ0n) is 10.3. The smallest absolute Gasteiger partial charge is 0.253 e. The largest absolute Gasteiger partial charge is 0.496 e. The molecule has 5 heteroatoms. The molecule has 94 valence electrons. The molecule has 1 aromatic rings. The monoisotopic (exact) mass is 300 g/mol. The third-order valence-corrected chi connectivity index (χ3v) is 3.10. The Morgan fingerprint density at radius 1 is 1.53 bits per heavy atom. The van der Waals surface area contributed by atoms with Gasteiger partial charge in [-0.25, -0.2) is 0 Å². The highest BCUT2D eigenvalue weighted by Gasteiger charge is 2.13. The predicted octanol–water partition coefficient (Wildman–Crippen LogP) is 1.75. The molecule has 0 aliphatic heterocycles. The molecular weight excluding hydrogens is 284 g/mol. The molecule has 1 rings (SSSR count). The summed E-state index contributed by atoms with van der Waals surface area (Å²) in [7, 11) is 5.23. The van der Waals surface area contributed by atoms with E-state index in [1.807, 2.05) is 13.1 Å². The van der Waals surface area contributed by atoms with Gasteiger partial charge in [-0.2, -0.15) is 0 Å². The molecule has 17 heavy (non-hydrogen) atoms. The van der Waals surface area contributed by atoms with Crippen LogP contribution in [0.5, 0.6) is 5.75 Å². The van der Waals surface area contributed by atoms with Crippen molar-refractivity contribution in [2.24, 2.45) is 0 Å². The Balaban J connectivity index is 2.81. The summed E-state index contributed by atoms with van der Waals surface area (Å²) >= 11 is 3.36. The zero-order chi connectivity index (χ0) is 12.8. The number of likely N-dealkylation sites (N-methyl/N-ethyl adjacent to an activating group) is 2. The van der Waals surface area contributed by atoms with Crippen LogP contribution in [0, 0.1) is 0 Å². The Hall–Kier alpha value is -1.07. The van der Waals surface area contributed by atoms with Crippen LogP contribution in [0.15, 0.2) is 22.7 Å². The Bertz CT molecular complexity index is 396. The summed E-state index contributed by atoms with van der Waals surface area (Å²) in [6.07, 6.45) is 0. The lowest BCUT2D eigenvalue weighted by atomic mass is 10.2. The molecule has 0 unspecified atom stereocenters. The number of amides is 1. The summed E-state index contributed by atoms with van der Waals surface area (Å²) in [5.74, 6) is 0.656. The van der Waals surface area contributed by atoms with Crippen LogP contribution in [-0.4, -0.2) is 45.1 Å². The number of methoxy groups -OCH3 is 1. The van der Waals surface area contributed by atoms with E-state index in [1.165, 1.54) is 0 Å². The molecule has 0 atom stereocenters. The van der Waals surface area contributed by atoms with Crippen molar-refractivity contribution in [1.82, 2.24) is 10.2 Å². The molecule has 1 N–H and O–H groups in total. The van der Waals surface area contributed by atoms with Crippen molar-refractivity contribution < 1.29 is 9.53 Å². The predicted molar refractivity (Wildman–Crippen MR) is 71.6 cm³/mol. The van der Waals surface area contributed by atoms with Crippen molar-refractivity contribution in [2.45, 2.75) is 0 Å². The summed E-state index contributed by atoms with van der Waals surface area (Å²) in [6.45, 7) is 1.45. The maximum atomic E-state index is 12.1. The van der Waals surface area contributed by atoms with Gasteiger partial charge < -0.3 is 15.0 Å². The molecule has 0 aromatic heterocycles. The SMILES string of the molecule is CNCCN(C)C(=O)c1ccc(Br)c(OC)c1. The van der Waals surface area contributed by atoms with Gasteiger partial charge in [-0.3, -0.25) is 4.79 Å². The van der Waals surface area contributed by atoms with E-state index in [4.69, 9.17) is 4.74 Å². The topological polar surface area (TPSA) is 41.6 Å². The van der Waals surface area contributed by atoms with Gasteiger partial charge >= 0.3 is 0 Å². The average molecular weight is 301 g/mol. The first kappa shape index (κ1) is 14.0. The molecule has 0 radical (unpaired) electrons. The fourth-order valence-electron chi connectivity index (χ4n) is 1.39. The second-order valence-electron chi connectivity index (χ2n) is 3.68. The van der Waals surface area contributed by atoms with Crippen molar-refractivity contribution in [3.63, 3.8) is 0 Å². The highest BCUT2D eigenvalue weighted by atomic mass is 79.9. The van der Waals surface area contributed by atoms with Crippen LogP contribution in [0.25, 0.3) is 0 Å². The quantitative estimate of drug-likeness (QED) is 0.901. The van der Waals surface area contributed by atoms with Crippen LogP contribution in [-0.2, 0) is 0 Å². The molecule has 1 aromatic carbocycles. The van der Waals surface area contributed by atoms with Crippen molar-refractivity contribution in [2.75, 3.05) is 34.3 Å². The summed E-state index contributed by atoms with van der Waals surface area (Å²) in [5, 5.41) is 3.01. The number of ether oxygens (including phenoxy) is 1. The lowest BCUT2D eigenvalue weighted by molar-refractivity contribution is 0.0796. The fourth-order valence-corrected chi connectivity index (χ4v) is 1.80. The Kier molecular flexibility index (Phi) is 5.44. The second kappa shape index (κ2) is 6.61. The van der Waals surface area contributed by atoms with Gasteiger partial charge in [0.2, 0.25) is 0 Å². The summed E-state index contributed by atoms with van der Waals surface area (Å²) in [5.41, 5.74) is 0.628. The first-order valence-electron chi connectivity index (χ1n) is 5.33. The van der Waals surface area contributed by atoms with Crippen molar-refractivity contribution in [3.8, 4) is 5.75 Å². The van der Waals surface area contributed by atoms with Gasteiger partial charge in [0.1, 0.15) is 5.75 Å². The maximum Gasteiger partial charge on any atom is 0.253 e. The highest BCUT2D eigenvalue weighted by molar-refractivity contribution is 9.10. The molecule has 0 fully saturated rings. The molecule has 0 bridgehead atoms. The Morgan fingerprint density at radius 2 is 2.24 bits per heavy atom. The maximum absolute atomic E-state index is 12.1. The lowest BCUT2D eigenvalue weighted by Gasteiger charge is -2.17. The number of halogens is 1. The van der Waals surface area contributed by atoms with Gasteiger partial charge in [-0.15, -0.1) is 0 Å². The average Bonchev–Trinajstić information content (AvgIpc) is 2.35. The molecule has 4 nitrogen and oxygen atoms in total. The van der Waals surface area contributed by atoms with E-state index in [0.717, 1.165) is 11.0 Å². The lowest BCUT2D eigenvalue weighted by Crippen LogP contribution is -2.32. The molecular formula is C12H17BrN2O2. The minimum Gasteiger partial charge on any atom is -0.496 e. The van der Waals surface area contributed by atoms with Gasteiger partial charge in [0.25, 0.3) is 5.91 Å². The molecule has 0 heterocycles. The number of nitrogens with one attached hydrogen (secondary N) is 1. The number of hydrogen-bond acceptors (Lipinski definition) is 3. The van der Waals surface area contributed by atoms with E-state index in [1.54, 1.807) is 31.2 Å². The van der Waals surface area contributed by atoms with Crippen LogP contribution in [0.2, 0.25) is 0 Å². The number of carbonyl (C=O) groups excluding carboxylic acids is 1. The second-order valence-corrected chi connectivity index (χ2v) is 4.53. The van der Waals surface area contributed by atoms with Gasteiger partial charge in [-0.05, 0) is 41.2 Å². The Morgan fingerprint density at radius 3 is 2.82 bits per heavy atom. The van der Waals surface area contributed by atoms with Gasteiger partial charge in [0.05, 0.1) is 11.6 Å². The number of carbonyl (C=O) groups is 1. The van der Waals surface area contributed by atoms with Gasteiger partial charge in [-0.1, -0.05) is 0 Å². The third-order valence-electron chi connectivity index (χ3n) is 2.44. The minimum atomic E-state index is -0.00829. The van der Waals surface area contributed by atoms with Crippen molar-refractivity contribution in [1.29, 1.82) is 0 Å². The van der Waals surface area contributed by atoms with Crippen LogP contribution >= 0.6 is 15.9 Å². The normalized spacial score (nSPS) is 10.1. The number of rotatable bonds is 5. The standard InChI is InChI=1S/C12H17BrN2O2/c1-14-6-7-15(2)12(16)9-4-5-10(13)11(8-9)17-3/h4-5,8,14H,6-7H2,1-3H3. The highest BCUT2D eigenvalue weighted by Crippen LogP contribution is 2.25. The van der Waals surface area contributed by atoms with Gasteiger partial charge in [0, 0.05) is 25.7 Å². The molecule has 0 saturated heterocycles. The summed E-state index contributed by atoms with van der Waals surface area (Å²) in [6, 6.07) is 5.34. The first-order chi connectivity index (χ1) is 8.10. The fraction of sp³-hybridized carbons (Fsp3) is 0.417. The minimum absolute atomic E-state index is 0.00829. The van der Waals surface area contributed by atoms with Crippen LogP contribution in [0.1, 0.15) is 10.4 Å². The van der Waals surface area contributed by atoms with Crippen LogP contribution < -0.4 is 10.1 Å². The summed E-state index contributed by atoms with van der Waals surface area (Å²) in [4.78, 5) is 13.7. The van der Waals surface area contributed by atoms with E-state index < -0.39 is 0 Å². The van der Waals surface area contributed by atoms with Crippen LogP contribution in [0.3, 0.4) is 0 Å². The van der Waals surface area contributed by atoms with Crippen LogP contribution in [0.4, 0.5) is 0 Å². The van der Waals surface area contributed by atoms with E-state index >= 15 is 0 Å². The van der Waals surface area contributed by atoms with Gasteiger partial charge in [0.15, 0.2) is 0 Å². The zero-order valence-corrected chi connectivity index (χ0v) is 11.9. The molecule has 0 aliphatic rings. The molecule has 0 aliphatic carbocycles. The molecule has 0 saturated carbocycles. The third kappa shape index (κ3) is 3.71. The Labute approximate surface area is 110 Å². The van der Waals surface area contributed by atoms with E-state index in [-0.39, 0.29) is 5.91 Å². The van der Waals surface area contributed by atoms with E-state index in [9.17, 15) is 4.79 Å². The molecule has 1 amide bonds. The number of benzene rings is 1. The van der Waals surface area contributed by atoms with E-state index in [2.05, 4.69) is 21.2 Å². The van der Waals surface area contributed by atoms with E-state index in [0.29, 0.717) is 17.9 Å². The summed E-state index contributed by atoms with van der Waals surface area (Å²) < 4.78 is 6.01. The first-order valence-corrected chi connectivity index (χ1v) is 6.13. The van der Waals surface area contributed by atoms with Crippen molar-refractivity contribution >= 4 is 21.8 Å². The molecule has 0 spiro atoms. The number of nitrogens with zero attached hydrogens (tertiary/aromatic N) is 1. The van der Waals surface area contributed by atoms with Crippen molar-refractivity contribution in [3.05, 3.63) is 28.2 Å².